The molecule has 1 aromatic carbocycles. The zero-order valence-electron chi connectivity index (χ0n) is 20.9. The topological polar surface area (TPSA) is 65.9 Å². The summed E-state index contributed by atoms with van der Waals surface area (Å²) in [6, 6.07) is 2.90. The number of amidine groups is 1. The second-order valence-corrected chi connectivity index (χ2v) is 10.1. The Kier molecular flexibility index (Phi) is 6.24. The summed E-state index contributed by atoms with van der Waals surface area (Å²) in [5.74, 6) is 1.22. The molecule has 192 valence electrons. The standard InChI is InChI=1S/C28H30F2N6O/c1-3-6-35-7-9-36(10-8-35)26-15-25(32-24-13-19(16-31-24)18-4-5-18)33-28(34-26)37-23-14-22(29)20-11-17(2)12-21(20)27(23)30/h3,12-15,18H,1,4-11,16H2,2H3,(H,31,32,33,34). The van der Waals surface area contributed by atoms with Crippen LogP contribution in [0.25, 0.3) is 6.08 Å². The first-order valence-corrected chi connectivity index (χ1v) is 12.8. The number of hydrogen-bond acceptors (Lipinski definition) is 7. The van der Waals surface area contributed by atoms with Crippen molar-refractivity contribution in [1.82, 2.24) is 14.9 Å². The maximum absolute atomic E-state index is 15.3. The molecule has 4 aliphatic rings. The molecule has 0 amide bonds. The SMILES string of the molecule is C=CCN1CCN(c2cc(NC3=NCC(C4CC4)=C3)nc(Oc3cc(F)c4c(c3F)C=C(C)C4)n2)CC1. The van der Waals surface area contributed by atoms with Crippen molar-refractivity contribution < 1.29 is 13.5 Å². The zero-order chi connectivity index (χ0) is 25.5. The molecule has 2 aromatic rings. The van der Waals surface area contributed by atoms with Gasteiger partial charge in [0.1, 0.15) is 23.3 Å². The van der Waals surface area contributed by atoms with Gasteiger partial charge in [-0.15, -0.1) is 6.58 Å². The van der Waals surface area contributed by atoms with E-state index in [1.807, 2.05) is 19.1 Å². The van der Waals surface area contributed by atoms with Crippen LogP contribution in [0.15, 0.2) is 47.0 Å². The van der Waals surface area contributed by atoms with Crippen LogP contribution in [0.2, 0.25) is 0 Å². The maximum atomic E-state index is 15.3. The van der Waals surface area contributed by atoms with Gasteiger partial charge in [0.15, 0.2) is 11.6 Å². The molecule has 0 unspecified atom stereocenters. The lowest BCUT2D eigenvalue weighted by Crippen LogP contribution is -2.46. The van der Waals surface area contributed by atoms with Crippen LogP contribution in [-0.4, -0.2) is 60.0 Å². The molecular weight excluding hydrogens is 474 g/mol. The number of piperazine rings is 1. The molecule has 0 bridgehead atoms. The van der Waals surface area contributed by atoms with Gasteiger partial charge in [0.2, 0.25) is 0 Å². The van der Waals surface area contributed by atoms with Crippen LogP contribution < -0.4 is 15.0 Å². The van der Waals surface area contributed by atoms with Crippen LogP contribution in [0.3, 0.4) is 0 Å². The third kappa shape index (κ3) is 5.00. The lowest BCUT2D eigenvalue weighted by Gasteiger charge is -2.34. The molecule has 0 atom stereocenters. The summed E-state index contributed by atoms with van der Waals surface area (Å²) in [7, 11) is 0. The monoisotopic (exact) mass is 504 g/mol. The van der Waals surface area contributed by atoms with E-state index >= 15 is 4.39 Å². The number of hydrogen-bond donors (Lipinski definition) is 1. The summed E-state index contributed by atoms with van der Waals surface area (Å²) >= 11 is 0. The normalized spacial score (nSPS) is 19.3. The number of benzene rings is 1. The van der Waals surface area contributed by atoms with Crippen molar-refractivity contribution in [2.45, 2.75) is 26.2 Å². The Morgan fingerprint density at radius 1 is 1.14 bits per heavy atom. The van der Waals surface area contributed by atoms with E-state index < -0.39 is 11.6 Å². The van der Waals surface area contributed by atoms with Crippen molar-refractivity contribution in [3.05, 3.63) is 64.8 Å². The lowest BCUT2D eigenvalue weighted by molar-refractivity contribution is 0.283. The summed E-state index contributed by atoms with van der Waals surface area (Å²) in [4.78, 5) is 18.1. The number of allylic oxidation sites excluding steroid dienone is 1. The van der Waals surface area contributed by atoms with Crippen LogP contribution in [0, 0.1) is 17.6 Å². The molecule has 0 radical (unpaired) electrons. The molecule has 9 heteroatoms. The van der Waals surface area contributed by atoms with E-state index in [2.05, 4.69) is 42.7 Å². The van der Waals surface area contributed by atoms with Crippen molar-refractivity contribution in [3.63, 3.8) is 0 Å². The van der Waals surface area contributed by atoms with Crippen LogP contribution in [0.4, 0.5) is 20.4 Å². The van der Waals surface area contributed by atoms with Crippen molar-refractivity contribution in [1.29, 1.82) is 0 Å². The van der Waals surface area contributed by atoms with E-state index in [-0.39, 0.29) is 17.3 Å². The molecule has 0 spiro atoms. The van der Waals surface area contributed by atoms with E-state index in [4.69, 9.17) is 4.74 Å². The zero-order valence-corrected chi connectivity index (χ0v) is 20.9. The number of rotatable bonds is 7. The van der Waals surface area contributed by atoms with Crippen LogP contribution in [0.5, 0.6) is 11.8 Å². The van der Waals surface area contributed by atoms with E-state index in [0.717, 1.165) is 50.2 Å². The second-order valence-electron chi connectivity index (χ2n) is 10.1. The Hall–Kier alpha value is -3.59. The summed E-state index contributed by atoms with van der Waals surface area (Å²) in [5.41, 5.74) is 2.83. The predicted octanol–water partition coefficient (Wildman–Crippen LogP) is 4.97. The number of aliphatic imine (C=N–C) groups is 1. The van der Waals surface area contributed by atoms with E-state index in [1.165, 1.54) is 18.4 Å². The van der Waals surface area contributed by atoms with E-state index in [0.29, 0.717) is 36.1 Å². The third-order valence-electron chi connectivity index (χ3n) is 7.26. The number of nitrogens with one attached hydrogen (secondary N) is 1. The fraction of sp³-hybridized carbons (Fsp3) is 0.393. The van der Waals surface area contributed by atoms with Crippen LogP contribution >= 0.6 is 0 Å². The molecule has 7 nitrogen and oxygen atoms in total. The van der Waals surface area contributed by atoms with E-state index in [1.54, 1.807) is 6.08 Å². The third-order valence-corrected chi connectivity index (χ3v) is 7.26. The Morgan fingerprint density at radius 3 is 2.70 bits per heavy atom. The number of ether oxygens (including phenoxy) is 1. The summed E-state index contributed by atoms with van der Waals surface area (Å²) in [6.45, 7) is 10.5. The molecule has 1 aromatic heterocycles. The van der Waals surface area contributed by atoms with Gasteiger partial charge in [-0.05, 0) is 43.8 Å². The van der Waals surface area contributed by atoms with Gasteiger partial charge in [0, 0.05) is 56.0 Å². The Balaban J connectivity index is 1.29. The quantitative estimate of drug-likeness (QED) is 0.537. The molecule has 1 saturated carbocycles. The lowest BCUT2D eigenvalue weighted by atomic mass is 10.1. The van der Waals surface area contributed by atoms with Crippen molar-refractivity contribution in [3.8, 4) is 11.8 Å². The van der Waals surface area contributed by atoms with Gasteiger partial charge in [0.05, 0.1) is 6.54 Å². The fourth-order valence-electron chi connectivity index (χ4n) is 5.12. The van der Waals surface area contributed by atoms with Gasteiger partial charge >= 0.3 is 6.01 Å². The Bertz CT molecular complexity index is 1340. The Morgan fingerprint density at radius 2 is 1.95 bits per heavy atom. The highest BCUT2D eigenvalue weighted by atomic mass is 19.1. The van der Waals surface area contributed by atoms with Crippen molar-refractivity contribution in [2.24, 2.45) is 10.9 Å². The minimum absolute atomic E-state index is 0.0459. The molecule has 37 heavy (non-hydrogen) atoms. The number of fused-ring (bicyclic) bond motifs is 1. The van der Waals surface area contributed by atoms with Gasteiger partial charge in [-0.25, -0.2) is 8.78 Å². The molecule has 1 N–H and O–H groups in total. The maximum Gasteiger partial charge on any atom is 0.326 e. The number of anilines is 2. The smallest absolute Gasteiger partial charge is 0.326 e. The van der Waals surface area contributed by atoms with Gasteiger partial charge < -0.3 is 15.0 Å². The summed E-state index contributed by atoms with van der Waals surface area (Å²) < 4.78 is 35.8. The molecule has 2 aliphatic carbocycles. The minimum Gasteiger partial charge on any atom is -0.421 e. The number of halogens is 2. The van der Waals surface area contributed by atoms with Gasteiger partial charge in [-0.3, -0.25) is 9.89 Å². The van der Waals surface area contributed by atoms with Crippen LogP contribution in [-0.2, 0) is 6.42 Å². The highest BCUT2D eigenvalue weighted by Gasteiger charge is 2.28. The van der Waals surface area contributed by atoms with Gasteiger partial charge in [0.25, 0.3) is 0 Å². The highest BCUT2D eigenvalue weighted by Crippen LogP contribution is 2.38. The second kappa shape index (κ2) is 9.70. The predicted molar refractivity (Wildman–Crippen MR) is 141 cm³/mol. The average Bonchev–Trinajstić information content (AvgIpc) is 3.50. The number of nitrogens with zero attached hydrogens (tertiary/aromatic N) is 5. The first-order valence-electron chi connectivity index (χ1n) is 12.8. The molecule has 1 saturated heterocycles. The van der Waals surface area contributed by atoms with Crippen LogP contribution in [0.1, 0.15) is 30.9 Å². The Labute approximate surface area is 215 Å². The average molecular weight is 505 g/mol. The first kappa shape index (κ1) is 23.8. The molecule has 2 fully saturated rings. The summed E-state index contributed by atoms with van der Waals surface area (Å²) in [5, 5.41) is 3.28. The minimum atomic E-state index is -0.605. The molecule has 6 rings (SSSR count). The highest BCUT2D eigenvalue weighted by molar-refractivity contribution is 6.05. The van der Waals surface area contributed by atoms with Crippen molar-refractivity contribution >= 4 is 23.5 Å². The molecular formula is C28H30F2N6O. The summed E-state index contributed by atoms with van der Waals surface area (Å²) in [6.07, 6.45) is 8.49. The first-order chi connectivity index (χ1) is 18.0. The van der Waals surface area contributed by atoms with Gasteiger partial charge in [-0.2, -0.15) is 9.97 Å². The number of aromatic nitrogens is 2. The van der Waals surface area contributed by atoms with Gasteiger partial charge in [-0.1, -0.05) is 17.7 Å². The molecule has 2 aliphatic heterocycles. The largest absolute Gasteiger partial charge is 0.421 e. The molecule has 3 heterocycles. The fourth-order valence-corrected chi connectivity index (χ4v) is 5.12. The van der Waals surface area contributed by atoms with Crippen molar-refractivity contribution in [2.75, 3.05) is 49.5 Å². The van der Waals surface area contributed by atoms with E-state index in [9.17, 15) is 4.39 Å².